The molecule has 0 bridgehead atoms. The number of carbonyl (C=O) groups excluding carboxylic acids is 1. The van der Waals surface area contributed by atoms with Gasteiger partial charge in [0.1, 0.15) is 13.5 Å². The van der Waals surface area contributed by atoms with Gasteiger partial charge in [-0.05, 0) is 18.4 Å². The van der Waals surface area contributed by atoms with Crippen molar-refractivity contribution in [2.75, 3.05) is 25.2 Å². The van der Waals surface area contributed by atoms with Crippen LogP contribution in [0, 0.1) is 5.92 Å². The van der Waals surface area contributed by atoms with Crippen LogP contribution in [0.3, 0.4) is 0 Å². The van der Waals surface area contributed by atoms with Crippen LogP contribution in [0.4, 0.5) is 0 Å². The Balaban J connectivity index is 2.40. The molecular weight excluding hydrogens is 304 g/mol. The number of pyridine rings is 1. The molecule has 1 N–H and O–H groups in total. The van der Waals surface area contributed by atoms with Gasteiger partial charge in [0, 0.05) is 23.4 Å². The Morgan fingerprint density at radius 2 is 2.05 bits per heavy atom. The summed E-state index contributed by atoms with van der Waals surface area (Å²) in [6.45, 7) is 4.11. The van der Waals surface area contributed by atoms with E-state index >= 15 is 0 Å². The topological polar surface area (TPSA) is 76.3 Å². The maximum absolute atomic E-state index is 11.9. The first-order chi connectivity index (χ1) is 10.3. The SMILES string of the molecule is CO[n+]1ccccc1CC(=O)NCCS(=O)(=O)CCC(C)C. The minimum Gasteiger partial charge on any atom is -0.355 e. The van der Waals surface area contributed by atoms with Crippen LogP contribution in [-0.2, 0) is 21.1 Å². The standard InChI is InChI=1S/C15H24N2O4S/c1-13(2)7-10-22(19,20)11-8-16-15(18)12-14-6-4-5-9-17(14)21-3/h4-6,9,13H,7-8,10-12H2,1-3H3/p+1. The summed E-state index contributed by atoms with van der Waals surface area (Å²) in [5, 5.41) is 2.64. The highest BCUT2D eigenvalue weighted by molar-refractivity contribution is 7.91. The van der Waals surface area contributed by atoms with E-state index in [9.17, 15) is 13.2 Å². The fourth-order valence-electron chi connectivity index (χ4n) is 1.87. The molecule has 1 aromatic rings. The second-order valence-corrected chi connectivity index (χ2v) is 7.87. The Hall–Kier alpha value is -1.63. The summed E-state index contributed by atoms with van der Waals surface area (Å²) in [5.41, 5.74) is 0.699. The maximum Gasteiger partial charge on any atom is 0.243 e. The third-order valence-corrected chi connectivity index (χ3v) is 4.87. The van der Waals surface area contributed by atoms with Crippen LogP contribution in [0.15, 0.2) is 24.4 Å². The summed E-state index contributed by atoms with van der Waals surface area (Å²) in [7, 11) is -1.59. The lowest BCUT2D eigenvalue weighted by atomic mass is 10.2. The number of aromatic nitrogens is 1. The molecule has 0 spiro atoms. The smallest absolute Gasteiger partial charge is 0.243 e. The number of carbonyl (C=O) groups is 1. The molecule has 1 heterocycles. The van der Waals surface area contributed by atoms with Crippen molar-refractivity contribution in [3.05, 3.63) is 30.1 Å². The maximum atomic E-state index is 11.9. The van der Waals surface area contributed by atoms with Crippen LogP contribution in [-0.4, -0.2) is 39.5 Å². The van der Waals surface area contributed by atoms with Crippen molar-refractivity contribution in [2.24, 2.45) is 5.92 Å². The van der Waals surface area contributed by atoms with Gasteiger partial charge in [0.25, 0.3) is 0 Å². The third kappa shape index (κ3) is 6.89. The summed E-state index contributed by atoms with van der Waals surface area (Å²) < 4.78 is 25.1. The van der Waals surface area contributed by atoms with E-state index in [2.05, 4.69) is 5.32 Å². The quantitative estimate of drug-likeness (QED) is 0.655. The van der Waals surface area contributed by atoms with Crippen LogP contribution in [0.1, 0.15) is 26.0 Å². The number of hydrogen-bond acceptors (Lipinski definition) is 4. The normalized spacial score (nSPS) is 11.5. The molecule has 0 aliphatic carbocycles. The molecule has 0 fully saturated rings. The van der Waals surface area contributed by atoms with Gasteiger partial charge in [-0.15, -0.1) is 0 Å². The first-order valence-corrected chi connectivity index (χ1v) is 9.17. The number of hydrogen-bond donors (Lipinski definition) is 1. The van der Waals surface area contributed by atoms with E-state index in [1.807, 2.05) is 19.9 Å². The van der Waals surface area contributed by atoms with Crippen LogP contribution in [0.25, 0.3) is 0 Å². The average molecular weight is 329 g/mol. The zero-order valence-corrected chi connectivity index (χ0v) is 14.2. The van der Waals surface area contributed by atoms with E-state index in [-0.39, 0.29) is 30.4 Å². The van der Waals surface area contributed by atoms with Crippen molar-refractivity contribution in [3.8, 4) is 0 Å². The molecule has 6 nitrogen and oxygen atoms in total. The van der Waals surface area contributed by atoms with Gasteiger partial charge in [-0.2, -0.15) is 0 Å². The highest BCUT2D eigenvalue weighted by atomic mass is 32.2. The van der Waals surface area contributed by atoms with Crippen LogP contribution < -0.4 is 14.9 Å². The second kappa shape index (κ2) is 8.73. The lowest BCUT2D eigenvalue weighted by Crippen LogP contribution is -2.45. The molecule has 0 saturated heterocycles. The summed E-state index contributed by atoms with van der Waals surface area (Å²) in [4.78, 5) is 17.0. The van der Waals surface area contributed by atoms with Crippen molar-refractivity contribution < 1.29 is 22.8 Å². The predicted molar refractivity (Wildman–Crippen MR) is 84.0 cm³/mol. The molecule has 0 aromatic carbocycles. The van der Waals surface area contributed by atoms with Gasteiger partial charge >= 0.3 is 0 Å². The minimum absolute atomic E-state index is 0.0233. The van der Waals surface area contributed by atoms with Crippen molar-refractivity contribution in [1.82, 2.24) is 5.32 Å². The monoisotopic (exact) mass is 329 g/mol. The first-order valence-electron chi connectivity index (χ1n) is 7.35. The van der Waals surface area contributed by atoms with E-state index < -0.39 is 9.84 Å². The average Bonchev–Trinajstić information content (AvgIpc) is 2.45. The molecule has 7 heteroatoms. The number of nitrogens with one attached hydrogen (secondary N) is 1. The molecule has 0 aliphatic rings. The van der Waals surface area contributed by atoms with Crippen LogP contribution in [0.5, 0.6) is 0 Å². The molecule has 22 heavy (non-hydrogen) atoms. The van der Waals surface area contributed by atoms with Crippen molar-refractivity contribution in [1.29, 1.82) is 0 Å². The molecular formula is C15H25N2O4S+. The number of nitrogens with zero attached hydrogens (tertiary/aromatic N) is 1. The molecule has 1 amide bonds. The number of amides is 1. The fourth-order valence-corrected chi connectivity index (χ4v) is 3.32. The number of sulfone groups is 1. The van der Waals surface area contributed by atoms with E-state index in [4.69, 9.17) is 4.84 Å². The van der Waals surface area contributed by atoms with Gasteiger partial charge in [0.15, 0.2) is 9.84 Å². The fraction of sp³-hybridized carbons (Fsp3) is 0.600. The Bertz CT molecular complexity index is 585. The van der Waals surface area contributed by atoms with E-state index in [1.54, 1.807) is 18.3 Å². The van der Waals surface area contributed by atoms with Gasteiger partial charge < -0.3 is 5.32 Å². The van der Waals surface area contributed by atoms with Gasteiger partial charge in [-0.25, -0.2) is 8.42 Å². The van der Waals surface area contributed by atoms with Crippen molar-refractivity contribution in [3.63, 3.8) is 0 Å². The van der Waals surface area contributed by atoms with Crippen molar-refractivity contribution >= 4 is 15.7 Å². The van der Waals surface area contributed by atoms with E-state index in [0.717, 1.165) is 0 Å². The van der Waals surface area contributed by atoms with Gasteiger partial charge in [0.05, 0.1) is 11.5 Å². The summed E-state index contributed by atoms with van der Waals surface area (Å²) in [5.74, 6) is 0.274. The van der Waals surface area contributed by atoms with E-state index in [0.29, 0.717) is 18.0 Å². The largest absolute Gasteiger partial charge is 0.355 e. The summed E-state index contributed by atoms with van der Waals surface area (Å²) >= 11 is 0. The van der Waals surface area contributed by atoms with Gasteiger partial charge in [0.2, 0.25) is 17.8 Å². The lowest BCUT2D eigenvalue weighted by molar-refractivity contribution is -0.890. The van der Waals surface area contributed by atoms with E-state index in [1.165, 1.54) is 11.8 Å². The molecule has 1 aromatic heterocycles. The predicted octanol–water partition coefficient (Wildman–Crippen LogP) is 0.152. The molecule has 1 rings (SSSR count). The second-order valence-electron chi connectivity index (χ2n) is 5.56. The Kier molecular flexibility index (Phi) is 7.31. The lowest BCUT2D eigenvalue weighted by Gasteiger charge is -2.07. The molecule has 0 atom stereocenters. The molecule has 0 saturated carbocycles. The Morgan fingerprint density at radius 3 is 2.68 bits per heavy atom. The van der Waals surface area contributed by atoms with Gasteiger partial charge in [-0.3, -0.25) is 9.63 Å². The first kappa shape index (κ1) is 18.4. The summed E-state index contributed by atoms with van der Waals surface area (Å²) in [6, 6.07) is 5.39. The highest BCUT2D eigenvalue weighted by Crippen LogP contribution is 2.03. The Morgan fingerprint density at radius 1 is 1.32 bits per heavy atom. The third-order valence-electron chi connectivity index (χ3n) is 3.18. The minimum atomic E-state index is -3.10. The van der Waals surface area contributed by atoms with Gasteiger partial charge in [-0.1, -0.05) is 13.8 Å². The zero-order chi connectivity index (χ0) is 16.6. The number of rotatable bonds is 9. The molecule has 0 radical (unpaired) electrons. The van der Waals surface area contributed by atoms with Crippen LogP contribution >= 0.6 is 0 Å². The Labute approximate surface area is 132 Å². The summed E-state index contributed by atoms with van der Waals surface area (Å²) in [6.07, 6.45) is 2.49. The molecule has 0 aliphatic heterocycles. The zero-order valence-electron chi connectivity index (χ0n) is 13.4. The molecule has 0 unspecified atom stereocenters. The molecule has 124 valence electrons. The highest BCUT2D eigenvalue weighted by Gasteiger charge is 2.16. The van der Waals surface area contributed by atoms with Crippen LogP contribution in [0.2, 0.25) is 0 Å². The van der Waals surface area contributed by atoms with Crippen molar-refractivity contribution in [2.45, 2.75) is 26.7 Å².